The van der Waals surface area contributed by atoms with Crippen LogP contribution in [0.5, 0.6) is 0 Å². The molecular weight excluding hydrogens is 544 g/mol. The van der Waals surface area contributed by atoms with Crippen molar-refractivity contribution in [3.63, 3.8) is 0 Å². The molecule has 2 unspecified atom stereocenters. The van der Waals surface area contributed by atoms with E-state index < -0.39 is 18.2 Å². The van der Waals surface area contributed by atoms with Gasteiger partial charge in [0.25, 0.3) is 5.91 Å². The SMILES string of the molecule is O=C(Nc1ccc(N2CCN(C(=O)CO)CC2)cc1)c1cnc2ccc(N3CC4CC4[C@@H]3c3cc(F)ccc3F)nn12. The molecule has 0 radical (unpaired) electrons. The van der Waals surface area contributed by atoms with Crippen LogP contribution in [-0.4, -0.2) is 75.7 Å². The minimum atomic E-state index is -0.480. The van der Waals surface area contributed by atoms with E-state index in [9.17, 15) is 18.4 Å². The van der Waals surface area contributed by atoms with Gasteiger partial charge in [-0.05, 0) is 72.9 Å². The number of aromatic nitrogens is 3. The lowest BCUT2D eigenvalue weighted by Gasteiger charge is -2.35. The van der Waals surface area contributed by atoms with E-state index in [1.54, 1.807) is 17.0 Å². The highest BCUT2D eigenvalue weighted by Gasteiger charge is 2.54. The molecule has 1 aliphatic carbocycles. The highest BCUT2D eigenvalue weighted by molar-refractivity contribution is 6.03. The molecule has 2 amide bonds. The molecule has 2 aliphatic heterocycles. The molecule has 12 heteroatoms. The van der Waals surface area contributed by atoms with Gasteiger partial charge in [-0.25, -0.2) is 18.3 Å². The zero-order valence-corrected chi connectivity index (χ0v) is 22.7. The molecular formula is C30H29F2N7O3. The Morgan fingerprint density at radius 3 is 2.55 bits per heavy atom. The van der Waals surface area contributed by atoms with E-state index in [1.807, 2.05) is 29.2 Å². The number of hydrogen-bond donors (Lipinski definition) is 2. The molecule has 216 valence electrons. The zero-order chi connectivity index (χ0) is 29.0. The lowest BCUT2D eigenvalue weighted by atomic mass is 10.0. The van der Waals surface area contributed by atoms with Gasteiger partial charge in [-0.1, -0.05) is 0 Å². The van der Waals surface area contributed by atoms with Gasteiger partial charge in [-0.15, -0.1) is 5.10 Å². The number of nitrogens with zero attached hydrogens (tertiary/aromatic N) is 6. The largest absolute Gasteiger partial charge is 0.387 e. The van der Waals surface area contributed by atoms with Gasteiger partial charge in [0.2, 0.25) is 5.91 Å². The molecule has 1 saturated carbocycles. The van der Waals surface area contributed by atoms with Crippen LogP contribution in [-0.2, 0) is 4.79 Å². The summed E-state index contributed by atoms with van der Waals surface area (Å²) in [6, 6.07) is 14.3. The summed E-state index contributed by atoms with van der Waals surface area (Å²) in [6.45, 7) is 2.58. The van der Waals surface area contributed by atoms with Crippen molar-refractivity contribution >= 4 is 34.7 Å². The van der Waals surface area contributed by atoms with Crippen molar-refractivity contribution in [3.8, 4) is 0 Å². The minimum Gasteiger partial charge on any atom is -0.387 e. The van der Waals surface area contributed by atoms with Crippen molar-refractivity contribution in [3.05, 3.63) is 83.7 Å². The van der Waals surface area contributed by atoms with Gasteiger partial charge in [0, 0.05) is 49.7 Å². The average molecular weight is 574 g/mol. The zero-order valence-electron chi connectivity index (χ0n) is 22.7. The fourth-order valence-electron chi connectivity index (χ4n) is 6.28. The predicted molar refractivity (Wildman–Crippen MR) is 151 cm³/mol. The summed E-state index contributed by atoms with van der Waals surface area (Å²) in [6.07, 6.45) is 2.44. The van der Waals surface area contributed by atoms with E-state index >= 15 is 0 Å². The Bertz CT molecular complexity index is 1670. The number of piperidine rings is 1. The van der Waals surface area contributed by atoms with E-state index in [2.05, 4.69) is 15.2 Å². The van der Waals surface area contributed by atoms with Gasteiger partial charge >= 0.3 is 0 Å². The summed E-state index contributed by atoms with van der Waals surface area (Å²) >= 11 is 0. The van der Waals surface area contributed by atoms with Gasteiger partial charge < -0.3 is 25.1 Å². The third kappa shape index (κ3) is 4.71. The fraction of sp³-hybridized carbons (Fsp3) is 0.333. The quantitative estimate of drug-likeness (QED) is 0.365. The number of aliphatic hydroxyl groups is 1. The Labute approximate surface area is 240 Å². The van der Waals surface area contributed by atoms with E-state index in [4.69, 9.17) is 10.2 Å². The number of aliphatic hydroxyl groups excluding tert-OH is 1. The molecule has 2 aromatic heterocycles. The number of rotatable bonds is 6. The number of imidazole rings is 1. The second-order valence-electron chi connectivity index (χ2n) is 11.1. The number of anilines is 3. The summed E-state index contributed by atoms with van der Waals surface area (Å²) in [7, 11) is 0. The van der Waals surface area contributed by atoms with Crippen LogP contribution in [0.4, 0.5) is 26.0 Å². The third-order valence-corrected chi connectivity index (χ3v) is 8.56. The number of piperazine rings is 1. The second kappa shape index (κ2) is 10.4. The topological polar surface area (TPSA) is 106 Å². The molecule has 0 bridgehead atoms. The summed E-state index contributed by atoms with van der Waals surface area (Å²) in [5, 5.41) is 16.7. The Kier molecular flexibility index (Phi) is 6.49. The number of carbonyl (C=O) groups is 2. The van der Waals surface area contributed by atoms with E-state index in [0.29, 0.717) is 61.4 Å². The first-order valence-corrected chi connectivity index (χ1v) is 14.0. The molecule has 0 spiro atoms. The number of nitrogens with one attached hydrogen (secondary N) is 1. The van der Waals surface area contributed by atoms with Gasteiger partial charge in [0.15, 0.2) is 11.3 Å². The normalized spacial score (nSPS) is 21.5. The molecule has 3 atom stereocenters. The monoisotopic (exact) mass is 573 g/mol. The third-order valence-electron chi connectivity index (χ3n) is 8.56. The molecule has 2 saturated heterocycles. The maximum Gasteiger partial charge on any atom is 0.276 e. The summed E-state index contributed by atoms with van der Waals surface area (Å²) in [5.41, 5.74) is 2.65. The van der Waals surface area contributed by atoms with Crippen LogP contribution >= 0.6 is 0 Å². The molecule has 2 N–H and O–H groups in total. The van der Waals surface area contributed by atoms with Gasteiger partial charge in [0.05, 0.1) is 12.2 Å². The molecule has 4 aromatic rings. The van der Waals surface area contributed by atoms with Crippen molar-refractivity contribution in [1.29, 1.82) is 0 Å². The maximum atomic E-state index is 14.8. The molecule has 2 aromatic carbocycles. The Balaban J connectivity index is 1.08. The number of hydrogen-bond acceptors (Lipinski definition) is 7. The van der Waals surface area contributed by atoms with E-state index in [1.165, 1.54) is 22.8 Å². The number of amides is 2. The van der Waals surface area contributed by atoms with Crippen LogP contribution in [0.1, 0.15) is 28.5 Å². The van der Waals surface area contributed by atoms with Crippen molar-refractivity contribution in [2.45, 2.75) is 12.5 Å². The lowest BCUT2D eigenvalue weighted by molar-refractivity contribution is -0.134. The Morgan fingerprint density at radius 1 is 1.00 bits per heavy atom. The van der Waals surface area contributed by atoms with Gasteiger partial charge in [-0.3, -0.25) is 9.59 Å². The second-order valence-corrected chi connectivity index (χ2v) is 11.1. The fourth-order valence-corrected chi connectivity index (χ4v) is 6.28. The molecule has 42 heavy (non-hydrogen) atoms. The van der Waals surface area contributed by atoms with E-state index in [-0.39, 0.29) is 29.5 Å². The summed E-state index contributed by atoms with van der Waals surface area (Å²) in [5.74, 6) is -0.354. The van der Waals surface area contributed by atoms with Crippen LogP contribution in [0.25, 0.3) is 5.65 Å². The highest BCUT2D eigenvalue weighted by atomic mass is 19.1. The van der Waals surface area contributed by atoms with Crippen LogP contribution in [0.15, 0.2) is 60.8 Å². The maximum absolute atomic E-state index is 14.8. The Morgan fingerprint density at radius 2 is 1.79 bits per heavy atom. The minimum absolute atomic E-state index is 0.235. The highest BCUT2D eigenvalue weighted by Crippen LogP contribution is 2.57. The molecule has 3 aliphatic rings. The smallest absolute Gasteiger partial charge is 0.276 e. The number of fused-ring (bicyclic) bond motifs is 2. The molecule has 4 heterocycles. The van der Waals surface area contributed by atoms with Crippen LogP contribution in [0.3, 0.4) is 0 Å². The first-order valence-electron chi connectivity index (χ1n) is 14.0. The summed E-state index contributed by atoms with van der Waals surface area (Å²) < 4.78 is 30.3. The van der Waals surface area contributed by atoms with Crippen molar-refractivity contribution < 1.29 is 23.5 Å². The van der Waals surface area contributed by atoms with Gasteiger partial charge in [0.1, 0.15) is 24.1 Å². The lowest BCUT2D eigenvalue weighted by Crippen LogP contribution is -2.49. The number of halogens is 2. The number of benzene rings is 2. The van der Waals surface area contributed by atoms with Crippen LogP contribution in [0.2, 0.25) is 0 Å². The van der Waals surface area contributed by atoms with Crippen molar-refractivity contribution in [1.82, 2.24) is 19.5 Å². The standard InChI is InChI=1S/C30H29F2N7O3/c31-19-1-6-24(32)23(14-19)29-22-13-18(22)16-38(29)27-8-7-26-33-15-25(39(26)35-27)30(42)34-20-2-4-21(5-3-20)36-9-11-37(12-10-36)28(41)17-40/h1-8,14-15,18,22,29,40H,9-13,16-17H2,(H,34,42)/t18?,22?,29-/m1/s1. The van der Waals surface area contributed by atoms with Crippen molar-refractivity contribution in [2.75, 3.05) is 54.4 Å². The Hall–Kier alpha value is -4.58. The molecule has 3 fully saturated rings. The summed E-state index contributed by atoms with van der Waals surface area (Å²) in [4.78, 5) is 35.1. The first-order chi connectivity index (χ1) is 20.4. The van der Waals surface area contributed by atoms with E-state index in [0.717, 1.165) is 18.2 Å². The molecule has 7 rings (SSSR count). The van der Waals surface area contributed by atoms with Crippen LogP contribution in [0, 0.1) is 23.5 Å². The number of carbonyl (C=O) groups excluding carboxylic acids is 2. The molecule has 10 nitrogen and oxygen atoms in total. The van der Waals surface area contributed by atoms with Crippen molar-refractivity contribution in [2.24, 2.45) is 11.8 Å². The van der Waals surface area contributed by atoms with Gasteiger partial charge in [-0.2, -0.15) is 0 Å². The van der Waals surface area contributed by atoms with Crippen LogP contribution < -0.4 is 15.1 Å². The average Bonchev–Trinajstić information content (AvgIpc) is 3.47. The first kappa shape index (κ1) is 26.3. The predicted octanol–water partition coefficient (Wildman–Crippen LogP) is 3.10.